The predicted octanol–water partition coefficient (Wildman–Crippen LogP) is -1.25. The number of hydrogen-bond donors (Lipinski definition) is 13. The highest BCUT2D eigenvalue weighted by Gasteiger charge is 2.66. The minimum Gasteiger partial charge on any atom is -0.432 e. The zero-order chi connectivity index (χ0) is 54.6. The van der Waals surface area contributed by atoms with Crippen LogP contribution in [0.2, 0.25) is 0 Å². The molecule has 0 amide bonds. The molecule has 430 valence electrons. The van der Waals surface area contributed by atoms with E-state index in [2.05, 4.69) is 41.5 Å². The van der Waals surface area contributed by atoms with E-state index < -0.39 is 159 Å². The standard InChI is InChI=1S/C53H86O22/c1-22-43(74-46-40(64)36(60)33(57)27(20-55)71-46)38(62)42(66)45(69-22)73-31-12-14-52(7)29(50(31,4)5)11-13-51(6)24-10-15-53(17-16-49(2,3)18-25(53)23(24)8-9-30(51)52)48(67)75-47-41(65)37(61)34(58)28(72-47)21-68-44-39(63)35(59)32(56)26(19-54)70-44/h22,25-47,54-66H,8-21H2,1-7H3/t22-,25+,26-,27-,28-,29+,30+,31+,32-,33-,34-,35+,36+,37+,38-,39-,40-,41-,42-,43-,44-,45+,46+,47+,51+,52+,53-/m1/s1. The monoisotopic (exact) mass is 1070 g/mol. The maximum atomic E-state index is 15.0. The summed E-state index contributed by atoms with van der Waals surface area (Å²) in [5.41, 5.74) is 0.994. The first-order chi connectivity index (χ1) is 35.1. The van der Waals surface area contributed by atoms with Gasteiger partial charge in [0.25, 0.3) is 0 Å². The van der Waals surface area contributed by atoms with E-state index in [1.807, 2.05) is 0 Å². The summed E-state index contributed by atoms with van der Waals surface area (Å²) >= 11 is 0. The second-order valence-corrected chi connectivity index (χ2v) is 25.6. The summed E-state index contributed by atoms with van der Waals surface area (Å²) in [5, 5.41) is 137. The summed E-state index contributed by atoms with van der Waals surface area (Å²) in [6.07, 6.45) is -22.6. The SMILES string of the molecule is C[C@H]1O[C@@H](O[C@H]2CC[C@]3(C)[C@H]4CCC5=C(CC[C@@]6(C(=O)O[C@@H]7O[C@H](CO[C@@H]8O[C@H](CO)[C@@H](O)[C@H](O)[C@H]8O)[C@@H](O)[C@H](O)[C@H]7O)CCC(C)(C)C[C@@H]56)[C@]4(C)CC[C@H]3C2(C)C)[C@H](O)[C@@H](O)[C@@H]1O[C@@H]1O[C@H](CO)[C@@H](O)[C@H](O)[C@H]1O. The molecule has 0 aromatic carbocycles. The van der Waals surface area contributed by atoms with Crippen molar-refractivity contribution >= 4 is 5.97 Å². The van der Waals surface area contributed by atoms with Crippen molar-refractivity contribution in [3.05, 3.63) is 11.1 Å². The highest BCUT2D eigenvalue weighted by atomic mass is 16.8. The van der Waals surface area contributed by atoms with Crippen molar-refractivity contribution in [2.24, 2.45) is 44.8 Å². The molecule has 5 aliphatic carbocycles. The first kappa shape index (κ1) is 58.1. The van der Waals surface area contributed by atoms with Gasteiger partial charge in [-0.25, -0.2) is 0 Å². The Balaban J connectivity index is 0.880. The molecular formula is C53H86O22. The minimum atomic E-state index is -1.81. The Morgan fingerprint density at radius 3 is 1.76 bits per heavy atom. The molecule has 0 unspecified atom stereocenters. The normalized spacial score (nSPS) is 52.7. The van der Waals surface area contributed by atoms with E-state index in [4.69, 9.17) is 37.9 Å². The number of rotatable bonds is 11. The molecule has 13 N–H and O–H groups in total. The second kappa shape index (κ2) is 21.4. The molecule has 7 fully saturated rings. The van der Waals surface area contributed by atoms with Crippen LogP contribution in [-0.4, -0.2) is 221 Å². The van der Waals surface area contributed by atoms with Crippen LogP contribution in [0.1, 0.15) is 119 Å². The lowest BCUT2D eigenvalue weighted by atomic mass is 9.38. The Hall–Kier alpha value is -1.59. The zero-order valence-corrected chi connectivity index (χ0v) is 44.2. The van der Waals surface area contributed by atoms with Crippen molar-refractivity contribution in [3.8, 4) is 0 Å². The van der Waals surface area contributed by atoms with Crippen molar-refractivity contribution < 1.29 is 109 Å². The summed E-state index contributed by atoms with van der Waals surface area (Å²) < 4.78 is 47.4. The molecule has 0 aromatic rings. The number of aliphatic hydroxyl groups excluding tert-OH is 13. The molecule has 0 spiro atoms. The molecule has 4 saturated heterocycles. The Kier molecular flexibility index (Phi) is 16.6. The van der Waals surface area contributed by atoms with E-state index in [1.165, 1.54) is 11.1 Å². The summed E-state index contributed by atoms with van der Waals surface area (Å²) in [6, 6.07) is 0. The minimum absolute atomic E-state index is 0.0939. The van der Waals surface area contributed by atoms with Crippen LogP contribution in [0.4, 0.5) is 0 Å². The van der Waals surface area contributed by atoms with Crippen molar-refractivity contribution in [1.29, 1.82) is 0 Å². The molecule has 9 rings (SSSR count). The molecule has 4 aliphatic heterocycles. The zero-order valence-electron chi connectivity index (χ0n) is 44.2. The third-order valence-electron chi connectivity index (χ3n) is 20.5. The van der Waals surface area contributed by atoms with Gasteiger partial charge in [-0.15, -0.1) is 0 Å². The van der Waals surface area contributed by atoms with Gasteiger partial charge in [0, 0.05) is 0 Å². The molecule has 0 aromatic heterocycles. The Labute approximate surface area is 437 Å². The van der Waals surface area contributed by atoms with E-state index in [9.17, 15) is 71.2 Å². The van der Waals surface area contributed by atoms with Gasteiger partial charge in [-0.1, -0.05) is 52.7 Å². The topological polar surface area (TPSA) is 354 Å². The number of carbonyl (C=O) groups is 1. The van der Waals surface area contributed by atoms with Crippen LogP contribution in [-0.2, 0) is 42.7 Å². The summed E-state index contributed by atoms with van der Waals surface area (Å²) in [6.45, 7) is 13.4. The Morgan fingerprint density at radius 2 is 1.12 bits per heavy atom. The molecule has 22 nitrogen and oxygen atoms in total. The first-order valence-corrected chi connectivity index (χ1v) is 27.3. The van der Waals surface area contributed by atoms with Gasteiger partial charge >= 0.3 is 5.97 Å². The van der Waals surface area contributed by atoms with Gasteiger partial charge in [0.1, 0.15) is 91.6 Å². The predicted molar refractivity (Wildman–Crippen MR) is 257 cm³/mol. The lowest BCUT2D eigenvalue weighted by molar-refractivity contribution is -0.364. The van der Waals surface area contributed by atoms with E-state index >= 15 is 0 Å². The molecule has 27 atom stereocenters. The van der Waals surface area contributed by atoms with Crippen LogP contribution >= 0.6 is 0 Å². The average Bonchev–Trinajstić information content (AvgIpc) is 3.41. The highest BCUT2D eigenvalue weighted by Crippen LogP contribution is 2.72. The Morgan fingerprint density at radius 1 is 0.560 bits per heavy atom. The summed E-state index contributed by atoms with van der Waals surface area (Å²) in [4.78, 5) is 15.0. The first-order valence-electron chi connectivity index (χ1n) is 27.3. The highest BCUT2D eigenvalue weighted by molar-refractivity contribution is 5.79. The fourth-order valence-electron chi connectivity index (χ4n) is 16.0. The molecule has 0 bridgehead atoms. The molecule has 0 radical (unpaired) electrons. The molecule has 75 heavy (non-hydrogen) atoms. The van der Waals surface area contributed by atoms with E-state index in [1.54, 1.807) is 6.92 Å². The maximum absolute atomic E-state index is 15.0. The van der Waals surface area contributed by atoms with Gasteiger partial charge in [-0.2, -0.15) is 0 Å². The smallest absolute Gasteiger partial charge is 0.315 e. The van der Waals surface area contributed by atoms with Crippen molar-refractivity contribution in [2.45, 2.75) is 248 Å². The van der Waals surface area contributed by atoms with Crippen molar-refractivity contribution in [1.82, 2.24) is 0 Å². The van der Waals surface area contributed by atoms with E-state index in [0.717, 1.165) is 44.9 Å². The third kappa shape index (κ3) is 9.90. The van der Waals surface area contributed by atoms with Gasteiger partial charge < -0.3 is 104 Å². The van der Waals surface area contributed by atoms with Crippen LogP contribution < -0.4 is 0 Å². The average molecular weight is 1080 g/mol. The number of ether oxygens (including phenoxy) is 8. The second-order valence-electron chi connectivity index (χ2n) is 25.6. The summed E-state index contributed by atoms with van der Waals surface area (Å²) in [5.74, 6) is -0.199. The van der Waals surface area contributed by atoms with Crippen LogP contribution in [0.5, 0.6) is 0 Å². The molecule has 4 heterocycles. The van der Waals surface area contributed by atoms with Crippen LogP contribution in [0.25, 0.3) is 0 Å². The number of carbonyl (C=O) groups excluding carboxylic acids is 1. The Bertz CT molecular complexity index is 2050. The molecular weight excluding hydrogens is 989 g/mol. The van der Waals surface area contributed by atoms with Gasteiger partial charge in [0.2, 0.25) is 6.29 Å². The van der Waals surface area contributed by atoms with Crippen molar-refractivity contribution in [3.63, 3.8) is 0 Å². The van der Waals surface area contributed by atoms with Crippen molar-refractivity contribution in [2.75, 3.05) is 19.8 Å². The van der Waals surface area contributed by atoms with E-state index in [0.29, 0.717) is 31.6 Å². The van der Waals surface area contributed by atoms with Gasteiger partial charge in [0.05, 0.1) is 37.4 Å². The number of allylic oxidation sites excluding steroid dienone is 2. The number of esters is 1. The molecule has 3 saturated carbocycles. The number of hydrogen-bond acceptors (Lipinski definition) is 22. The fourth-order valence-corrected chi connectivity index (χ4v) is 16.0. The van der Waals surface area contributed by atoms with Crippen LogP contribution in [0.15, 0.2) is 11.1 Å². The number of fused-ring (bicyclic) bond motifs is 6. The van der Waals surface area contributed by atoms with Gasteiger partial charge in [0.15, 0.2) is 18.9 Å². The molecule has 22 heteroatoms. The maximum Gasteiger partial charge on any atom is 0.315 e. The number of aliphatic hydroxyl groups is 13. The van der Waals surface area contributed by atoms with Gasteiger partial charge in [-0.05, 0) is 117 Å². The van der Waals surface area contributed by atoms with Crippen LogP contribution in [0, 0.1) is 44.8 Å². The van der Waals surface area contributed by atoms with Crippen LogP contribution in [0.3, 0.4) is 0 Å². The molecule has 9 aliphatic rings. The fraction of sp³-hybridized carbons (Fsp3) is 0.943. The van der Waals surface area contributed by atoms with E-state index in [-0.39, 0.29) is 34.2 Å². The van der Waals surface area contributed by atoms with Gasteiger partial charge in [-0.3, -0.25) is 4.79 Å². The quantitative estimate of drug-likeness (QED) is 0.0653. The summed E-state index contributed by atoms with van der Waals surface area (Å²) in [7, 11) is 0. The third-order valence-corrected chi connectivity index (χ3v) is 20.5. The lowest BCUT2D eigenvalue weighted by Gasteiger charge is -2.67. The largest absolute Gasteiger partial charge is 0.432 e. The lowest BCUT2D eigenvalue weighted by Crippen LogP contribution is -2.65.